The minimum absolute atomic E-state index is 0.0694. The van der Waals surface area contributed by atoms with Gasteiger partial charge in [0, 0.05) is 12.1 Å². The van der Waals surface area contributed by atoms with E-state index in [1.165, 1.54) is 19.3 Å². The lowest BCUT2D eigenvalue weighted by Crippen LogP contribution is -2.51. The molecule has 6 nitrogen and oxygen atoms in total. The first-order valence-electron chi connectivity index (χ1n) is 9.71. The Labute approximate surface area is 154 Å². The van der Waals surface area contributed by atoms with Gasteiger partial charge >= 0.3 is 0 Å². The molecule has 6 heteroatoms. The molecule has 1 saturated carbocycles. The summed E-state index contributed by atoms with van der Waals surface area (Å²) in [5.74, 6) is 1.96. The van der Waals surface area contributed by atoms with Gasteiger partial charge < -0.3 is 10.6 Å². The van der Waals surface area contributed by atoms with Gasteiger partial charge in [-0.15, -0.1) is 0 Å². The van der Waals surface area contributed by atoms with E-state index < -0.39 is 0 Å². The molecule has 26 heavy (non-hydrogen) atoms. The number of nitrogens with zero attached hydrogens (tertiary/aromatic N) is 4. The minimum Gasteiger partial charge on any atom is -0.330 e. The van der Waals surface area contributed by atoms with Crippen molar-refractivity contribution in [1.29, 1.82) is 0 Å². The maximum absolute atomic E-state index is 13.0. The van der Waals surface area contributed by atoms with Crippen molar-refractivity contribution < 1.29 is 4.79 Å². The summed E-state index contributed by atoms with van der Waals surface area (Å²) in [6.07, 6.45) is 5.79. The van der Waals surface area contributed by atoms with Crippen LogP contribution in [0.4, 0.5) is 0 Å². The number of aromatic nitrogens is 3. The van der Waals surface area contributed by atoms with Crippen LogP contribution in [0.15, 0.2) is 30.3 Å². The molecule has 138 valence electrons. The summed E-state index contributed by atoms with van der Waals surface area (Å²) in [4.78, 5) is 19.7. The monoisotopic (exact) mass is 353 g/mol. The van der Waals surface area contributed by atoms with E-state index in [4.69, 9.17) is 10.7 Å². The van der Waals surface area contributed by atoms with Crippen LogP contribution in [0, 0.1) is 5.92 Å². The lowest BCUT2D eigenvalue weighted by molar-refractivity contribution is -0.137. The smallest absolute Gasteiger partial charge is 0.240 e. The second kappa shape index (κ2) is 7.19. The Kier molecular flexibility index (Phi) is 4.76. The van der Waals surface area contributed by atoms with Crippen LogP contribution in [0.1, 0.15) is 50.9 Å². The van der Waals surface area contributed by atoms with Crippen LogP contribution >= 0.6 is 0 Å². The van der Waals surface area contributed by atoms with Crippen LogP contribution < -0.4 is 5.73 Å². The molecule has 1 aliphatic heterocycles. The fraction of sp³-hybridized carbons (Fsp3) is 0.550. The van der Waals surface area contributed by atoms with Crippen LogP contribution in [-0.2, 0) is 11.3 Å². The summed E-state index contributed by atoms with van der Waals surface area (Å²) >= 11 is 0. The molecule has 4 rings (SSSR count). The lowest BCUT2D eigenvalue weighted by Gasteiger charge is -2.37. The highest BCUT2D eigenvalue weighted by atomic mass is 16.2. The Balaban J connectivity index is 1.53. The molecule has 0 spiro atoms. The van der Waals surface area contributed by atoms with Gasteiger partial charge in [-0.25, -0.2) is 9.67 Å². The van der Waals surface area contributed by atoms with Crippen molar-refractivity contribution in [3.05, 3.63) is 36.2 Å². The Morgan fingerprint density at radius 3 is 2.62 bits per heavy atom. The molecule has 0 unspecified atom stereocenters. The van der Waals surface area contributed by atoms with E-state index in [-0.39, 0.29) is 18.0 Å². The van der Waals surface area contributed by atoms with Crippen LogP contribution in [0.2, 0.25) is 0 Å². The predicted octanol–water partition coefficient (Wildman–Crippen LogP) is 2.76. The zero-order valence-corrected chi connectivity index (χ0v) is 15.3. The van der Waals surface area contributed by atoms with E-state index >= 15 is 0 Å². The summed E-state index contributed by atoms with van der Waals surface area (Å²) in [7, 11) is 0. The fourth-order valence-corrected chi connectivity index (χ4v) is 4.26. The van der Waals surface area contributed by atoms with Crippen molar-refractivity contribution in [3.63, 3.8) is 0 Å². The van der Waals surface area contributed by atoms with Gasteiger partial charge in [0.2, 0.25) is 5.91 Å². The van der Waals surface area contributed by atoms with E-state index in [2.05, 4.69) is 5.10 Å². The molecule has 2 N–H and O–H groups in total. The van der Waals surface area contributed by atoms with Gasteiger partial charge in [-0.2, -0.15) is 5.10 Å². The van der Waals surface area contributed by atoms with Gasteiger partial charge in [-0.05, 0) is 25.7 Å². The molecule has 2 aromatic rings. The van der Waals surface area contributed by atoms with E-state index in [0.29, 0.717) is 19.0 Å². The lowest BCUT2D eigenvalue weighted by atomic mass is 9.83. The van der Waals surface area contributed by atoms with Crippen molar-refractivity contribution >= 4 is 5.91 Å². The van der Waals surface area contributed by atoms with Crippen molar-refractivity contribution in [2.75, 3.05) is 6.54 Å². The standard InChI is InChI=1S/C20H27N5O/c1-14-19-22-18(16-10-6-3-7-11-16)23-25(19)13-12-24(14)20(26)17(21)15-8-4-2-5-9-15/h3,6-7,10-11,14-15,17H,2,4-5,8-9,12-13,21H2,1H3/t14-,17-/m0/s1. The molecule has 0 radical (unpaired) electrons. The Morgan fingerprint density at radius 2 is 1.88 bits per heavy atom. The van der Waals surface area contributed by atoms with E-state index in [1.54, 1.807) is 0 Å². The number of carbonyl (C=O) groups excluding carboxylic acids is 1. The molecule has 1 aromatic carbocycles. The number of nitrogens with two attached hydrogens (primary N) is 1. The van der Waals surface area contributed by atoms with Crippen molar-refractivity contribution in [3.8, 4) is 11.4 Å². The number of hydrogen-bond acceptors (Lipinski definition) is 4. The first-order valence-corrected chi connectivity index (χ1v) is 9.71. The topological polar surface area (TPSA) is 77.0 Å². The Hall–Kier alpha value is -2.21. The number of carbonyl (C=O) groups is 1. The van der Waals surface area contributed by atoms with Gasteiger partial charge in [0.1, 0.15) is 5.82 Å². The zero-order valence-electron chi connectivity index (χ0n) is 15.3. The van der Waals surface area contributed by atoms with Gasteiger partial charge in [0.05, 0.1) is 18.6 Å². The molecule has 1 amide bonds. The average Bonchev–Trinajstić information content (AvgIpc) is 3.14. The number of hydrogen-bond donors (Lipinski definition) is 1. The summed E-state index contributed by atoms with van der Waals surface area (Å²) in [6.45, 7) is 3.34. The van der Waals surface area contributed by atoms with Gasteiger partial charge in [0.25, 0.3) is 0 Å². The van der Waals surface area contributed by atoms with Crippen LogP contribution in [0.25, 0.3) is 11.4 Å². The van der Waals surface area contributed by atoms with Crippen LogP contribution in [-0.4, -0.2) is 38.2 Å². The van der Waals surface area contributed by atoms with Crippen molar-refractivity contribution in [2.24, 2.45) is 11.7 Å². The van der Waals surface area contributed by atoms with E-state index in [0.717, 1.165) is 30.1 Å². The number of benzene rings is 1. The highest BCUT2D eigenvalue weighted by Crippen LogP contribution is 2.30. The molecule has 2 atom stereocenters. The second-order valence-electron chi connectivity index (χ2n) is 7.51. The number of amides is 1. The van der Waals surface area contributed by atoms with Gasteiger partial charge in [-0.1, -0.05) is 49.6 Å². The Morgan fingerprint density at radius 1 is 1.15 bits per heavy atom. The summed E-state index contributed by atoms with van der Waals surface area (Å²) in [5, 5.41) is 4.64. The van der Waals surface area contributed by atoms with Gasteiger partial charge in [-0.3, -0.25) is 4.79 Å². The van der Waals surface area contributed by atoms with E-state index in [9.17, 15) is 4.79 Å². The SMILES string of the molecule is C[C@H]1c2nc(-c3ccccc3)nn2CCN1C(=O)[C@@H](N)C1CCCCC1. The molecule has 0 saturated heterocycles. The fourth-order valence-electron chi connectivity index (χ4n) is 4.26. The molecule has 0 bridgehead atoms. The van der Waals surface area contributed by atoms with Crippen LogP contribution in [0.3, 0.4) is 0 Å². The normalized spacial score (nSPS) is 22.1. The maximum atomic E-state index is 13.0. The van der Waals surface area contributed by atoms with Crippen molar-refractivity contribution in [2.45, 2.75) is 57.7 Å². The highest BCUT2D eigenvalue weighted by molar-refractivity contribution is 5.82. The van der Waals surface area contributed by atoms with Crippen molar-refractivity contribution in [1.82, 2.24) is 19.7 Å². The highest BCUT2D eigenvalue weighted by Gasteiger charge is 2.36. The Bertz CT molecular complexity index is 766. The third-order valence-corrected chi connectivity index (χ3v) is 5.85. The largest absolute Gasteiger partial charge is 0.330 e. The first kappa shape index (κ1) is 17.2. The molecule has 1 aliphatic carbocycles. The quantitative estimate of drug-likeness (QED) is 0.920. The third kappa shape index (κ3) is 3.14. The molecule has 1 aromatic heterocycles. The van der Waals surface area contributed by atoms with Gasteiger partial charge in [0.15, 0.2) is 5.82 Å². The predicted molar refractivity (Wildman–Crippen MR) is 100 cm³/mol. The summed E-state index contributed by atoms with van der Waals surface area (Å²) in [6, 6.07) is 9.48. The molecule has 2 aliphatic rings. The van der Waals surface area contributed by atoms with E-state index in [1.807, 2.05) is 46.8 Å². The second-order valence-corrected chi connectivity index (χ2v) is 7.51. The first-order chi connectivity index (χ1) is 12.6. The molecular formula is C20H27N5O. The zero-order chi connectivity index (χ0) is 18.1. The summed E-state index contributed by atoms with van der Waals surface area (Å²) < 4.78 is 1.93. The number of rotatable bonds is 3. The molecule has 2 heterocycles. The molecular weight excluding hydrogens is 326 g/mol. The van der Waals surface area contributed by atoms with Crippen LogP contribution in [0.5, 0.6) is 0 Å². The minimum atomic E-state index is -0.388. The third-order valence-electron chi connectivity index (χ3n) is 5.85. The molecule has 1 fully saturated rings. The average molecular weight is 353 g/mol. The summed E-state index contributed by atoms with van der Waals surface area (Å²) in [5.41, 5.74) is 7.37. The maximum Gasteiger partial charge on any atom is 0.240 e. The number of fused-ring (bicyclic) bond motifs is 1.